The van der Waals surface area contributed by atoms with Crippen molar-refractivity contribution in [3.8, 4) is 11.3 Å². The van der Waals surface area contributed by atoms with Gasteiger partial charge in [0, 0.05) is 5.56 Å². The number of hydrogen-bond acceptors (Lipinski definition) is 1. The predicted octanol–water partition coefficient (Wildman–Crippen LogP) is 3.03. The van der Waals surface area contributed by atoms with Gasteiger partial charge in [-0.3, -0.25) is 4.98 Å². The summed E-state index contributed by atoms with van der Waals surface area (Å²) in [5, 5.41) is 0. The van der Waals surface area contributed by atoms with Gasteiger partial charge in [-0.05, 0) is 24.3 Å². The average molecular weight is 191 g/mol. The first-order valence-corrected chi connectivity index (χ1v) is 4.13. The lowest BCUT2D eigenvalue weighted by Gasteiger charge is -1.99. The first-order valence-electron chi connectivity index (χ1n) is 4.13. The molecule has 0 atom stereocenters. The Morgan fingerprint density at radius 3 is 2.43 bits per heavy atom. The number of nitrogens with zero attached hydrogens (tertiary/aromatic N) is 1. The highest BCUT2D eigenvalue weighted by molar-refractivity contribution is 5.58. The minimum Gasteiger partial charge on any atom is -0.253 e. The lowest BCUT2D eigenvalue weighted by Crippen LogP contribution is -1.85. The molecule has 0 saturated carbocycles. The monoisotopic (exact) mass is 191 g/mol. The van der Waals surface area contributed by atoms with Gasteiger partial charge in [0.2, 0.25) is 0 Å². The summed E-state index contributed by atoms with van der Waals surface area (Å²) < 4.78 is 25.4. The number of benzene rings is 1. The van der Waals surface area contributed by atoms with Gasteiger partial charge >= 0.3 is 0 Å². The first-order chi connectivity index (χ1) is 6.75. The van der Waals surface area contributed by atoms with Crippen LogP contribution in [0.4, 0.5) is 8.78 Å². The lowest BCUT2D eigenvalue weighted by atomic mass is 10.1. The fraction of sp³-hybridized carbons (Fsp3) is 0. The van der Waals surface area contributed by atoms with Crippen LogP contribution in [0.1, 0.15) is 0 Å². The van der Waals surface area contributed by atoms with Crippen molar-refractivity contribution in [3.05, 3.63) is 54.2 Å². The van der Waals surface area contributed by atoms with Crippen molar-refractivity contribution in [2.45, 2.75) is 0 Å². The van der Waals surface area contributed by atoms with E-state index in [0.717, 1.165) is 6.20 Å². The van der Waals surface area contributed by atoms with E-state index in [2.05, 4.69) is 4.98 Å². The van der Waals surface area contributed by atoms with Gasteiger partial charge in [0.1, 0.15) is 11.6 Å². The molecule has 0 spiro atoms. The Bertz CT molecular complexity index is 437. The van der Waals surface area contributed by atoms with E-state index in [9.17, 15) is 8.78 Å². The number of aromatic nitrogens is 1. The van der Waals surface area contributed by atoms with E-state index in [-0.39, 0.29) is 5.82 Å². The third-order valence-electron chi connectivity index (χ3n) is 1.85. The highest BCUT2D eigenvalue weighted by Crippen LogP contribution is 2.17. The van der Waals surface area contributed by atoms with Crippen LogP contribution < -0.4 is 0 Å². The minimum absolute atomic E-state index is 0.325. The molecule has 2 rings (SSSR count). The van der Waals surface area contributed by atoms with Crippen LogP contribution in [0.15, 0.2) is 42.6 Å². The summed E-state index contributed by atoms with van der Waals surface area (Å²) in [6, 6.07) is 8.85. The fourth-order valence-corrected chi connectivity index (χ4v) is 1.19. The van der Waals surface area contributed by atoms with Gasteiger partial charge in [-0.25, -0.2) is 8.78 Å². The molecule has 0 fully saturated rings. The summed E-state index contributed by atoms with van der Waals surface area (Å²) in [4.78, 5) is 3.85. The van der Waals surface area contributed by atoms with Gasteiger partial charge in [0.15, 0.2) is 0 Å². The summed E-state index contributed by atoms with van der Waals surface area (Å²) in [5.41, 5.74) is 1.20. The average Bonchev–Trinajstić information content (AvgIpc) is 2.19. The molecule has 0 aliphatic carbocycles. The van der Waals surface area contributed by atoms with Crippen molar-refractivity contribution < 1.29 is 8.78 Å². The smallest absolute Gasteiger partial charge is 0.141 e. The van der Waals surface area contributed by atoms with Crippen molar-refractivity contribution in [2.75, 3.05) is 0 Å². The van der Waals surface area contributed by atoms with Crippen LogP contribution in [0.2, 0.25) is 0 Å². The molecule has 2 aromatic rings. The van der Waals surface area contributed by atoms with Crippen LogP contribution in [-0.2, 0) is 0 Å². The quantitative estimate of drug-likeness (QED) is 0.675. The molecule has 1 aromatic heterocycles. The van der Waals surface area contributed by atoms with Gasteiger partial charge in [-0.2, -0.15) is 0 Å². The molecular formula is C11H7F2N. The van der Waals surface area contributed by atoms with Crippen LogP contribution in [0.3, 0.4) is 0 Å². The van der Waals surface area contributed by atoms with E-state index >= 15 is 0 Å². The topological polar surface area (TPSA) is 12.9 Å². The second-order valence-corrected chi connectivity index (χ2v) is 2.87. The van der Waals surface area contributed by atoms with E-state index in [1.54, 1.807) is 12.1 Å². The van der Waals surface area contributed by atoms with E-state index in [0.29, 0.717) is 11.3 Å². The summed E-state index contributed by atoms with van der Waals surface area (Å²) in [6.07, 6.45) is 1.11. The molecule has 0 aliphatic heterocycles. The summed E-state index contributed by atoms with van der Waals surface area (Å²) >= 11 is 0. The Balaban J connectivity index is 2.44. The van der Waals surface area contributed by atoms with E-state index in [1.807, 2.05) is 0 Å². The predicted molar refractivity (Wildman–Crippen MR) is 49.6 cm³/mol. The van der Waals surface area contributed by atoms with Crippen molar-refractivity contribution in [2.24, 2.45) is 0 Å². The third kappa shape index (κ3) is 1.76. The van der Waals surface area contributed by atoms with Gasteiger partial charge in [-0.15, -0.1) is 0 Å². The number of pyridine rings is 1. The Labute approximate surface area is 80.0 Å². The maximum absolute atomic E-state index is 12.8. The lowest BCUT2D eigenvalue weighted by molar-refractivity contribution is 0.621. The van der Waals surface area contributed by atoms with Gasteiger partial charge < -0.3 is 0 Å². The number of halogens is 2. The molecule has 1 nitrogen and oxygen atoms in total. The zero-order valence-corrected chi connectivity index (χ0v) is 7.24. The number of hydrogen-bond donors (Lipinski definition) is 0. The van der Waals surface area contributed by atoms with E-state index in [4.69, 9.17) is 0 Å². The summed E-state index contributed by atoms with van der Waals surface area (Å²) in [5.74, 6) is -0.723. The summed E-state index contributed by atoms with van der Waals surface area (Å²) in [7, 11) is 0. The molecule has 0 N–H and O–H groups in total. The maximum atomic E-state index is 12.8. The second kappa shape index (κ2) is 3.54. The van der Waals surface area contributed by atoms with Crippen LogP contribution in [0.25, 0.3) is 11.3 Å². The van der Waals surface area contributed by atoms with Crippen molar-refractivity contribution >= 4 is 0 Å². The highest BCUT2D eigenvalue weighted by atomic mass is 19.1. The van der Waals surface area contributed by atoms with Crippen molar-refractivity contribution in [1.29, 1.82) is 0 Å². The highest BCUT2D eigenvalue weighted by Gasteiger charge is 2.00. The molecule has 3 heteroatoms. The Hall–Kier alpha value is -1.77. The van der Waals surface area contributed by atoms with Gasteiger partial charge in [0.05, 0.1) is 11.9 Å². The molecule has 0 aliphatic rings. The van der Waals surface area contributed by atoms with Gasteiger partial charge in [0.25, 0.3) is 0 Å². The molecule has 0 bridgehead atoms. The summed E-state index contributed by atoms with van der Waals surface area (Å²) in [6.45, 7) is 0. The Kier molecular flexibility index (Phi) is 2.23. The van der Waals surface area contributed by atoms with Crippen LogP contribution in [0.5, 0.6) is 0 Å². The van der Waals surface area contributed by atoms with Crippen LogP contribution >= 0.6 is 0 Å². The van der Waals surface area contributed by atoms with Crippen molar-refractivity contribution in [3.63, 3.8) is 0 Å². The Morgan fingerprint density at radius 2 is 1.79 bits per heavy atom. The normalized spacial score (nSPS) is 10.1. The number of rotatable bonds is 1. The molecule has 1 aromatic carbocycles. The minimum atomic E-state index is -0.398. The molecule has 0 amide bonds. The van der Waals surface area contributed by atoms with Gasteiger partial charge in [-0.1, -0.05) is 12.1 Å². The molecule has 14 heavy (non-hydrogen) atoms. The molecule has 1 heterocycles. The zero-order chi connectivity index (χ0) is 9.97. The van der Waals surface area contributed by atoms with E-state index < -0.39 is 5.82 Å². The fourth-order valence-electron chi connectivity index (χ4n) is 1.19. The van der Waals surface area contributed by atoms with E-state index in [1.165, 1.54) is 24.3 Å². The largest absolute Gasteiger partial charge is 0.253 e. The van der Waals surface area contributed by atoms with Crippen molar-refractivity contribution in [1.82, 2.24) is 4.98 Å². The van der Waals surface area contributed by atoms with Crippen LogP contribution in [0, 0.1) is 11.6 Å². The molecule has 0 saturated heterocycles. The molecule has 0 radical (unpaired) electrons. The Morgan fingerprint density at radius 1 is 0.929 bits per heavy atom. The standard InChI is InChI=1S/C11H7F2N/c12-9-3-1-2-8(6-9)11-5-4-10(13)7-14-11/h1-7H. The zero-order valence-electron chi connectivity index (χ0n) is 7.24. The molecule has 0 unspecified atom stereocenters. The molecule has 70 valence electrons. The second-order valence-electron chi connectivity index (χ2n) is 2.87. The maximum Gasteiger partial charge on any atom is 0.141 e. The third-order valence-corrected chi connectivity index (χ3v) is 1.85. The molecular weight excluding hydrogens is 184 g/mol. The SMILES string of the molecule is Fc1ccc(-c2cccc(F)c2)nc1. The first kappa shape index (κ1) is 8.81. The van der Waals surface area contributed by atoms with Crippen LogP contribution in [-0.4, -0.2) is 4.98 Å².